The van der Waals surface area contributed by atoms with E-state index in [0.29, 0.717) is 18.5 Å². The third-order valence-corrected chi connectivity index (χ3v) is 8.97. The van der Waals surface area contributed by atoms with Gasteiger partial charge in [-0.05, 0) is 43.7 Å². The standard InChI is InChI=1S/C19H22FNO4S2/c1-14-6-8-16(9-7-14)27(24,25)19-13-26(22,23)12-18(19)21-11-10-15-4-2-3-5-17(15)20/h2-9,18-19,21H,10-13H2,1H3/t18-,19-/m1/s1. The zero-order valence-corrected chi connectivity index (χ0v) is 16.6. The highest BCUT2D eigenvalue weighted by Gasteiger charge is 2.45. The van der Waals surface area contributed by atoms with E-state index in [9.17, 15) is 21.2 Å². The molecule has 8 heteroatoms. The predicted molar refractivity (Wildman–Crippen MR) is 103 cm³/mol. The molecule has 1 aliphatic heterocycles. The molecule has 0 aromatic heterocycles. The van der Waals surface area contributed by atoms with Gasteiger partial charge < -0.3 is 5.32 Å². The normalized spacial score (nSPS) is 22.0. The second-order valence-corrected chi connectivity index (χ2v) is 11.2. The summed E-state index contributed by atoms with van der Waals surface area (Å²) in [6.45, 7) is 2.14. The molecule has 0 amide bonds. The Bertz CT molecular complexity index is 1020. The Labute approximate surface area is 159 Å². The summed E-state index contributed by atoms with van der Waals surface area (Å²) in [5.74, 6) is -0.970. The van der Waals surface area contributed by atoms with E-state index in [2.05, 4.69) is 5.32 Å². The molecule has 3 rings (SSSR count). The summed E-state index contributed by atoms with van der Waals surface area (Å²) < 4.78 is 63.9. The van der Waals surface area contributed by atoms with Crippen LogP contribution in [0, 0.1) is 12.7 Å². The van der Waals surface area contributed by atoms with Gasteiger partial charge in [0.25, 0.3) is 0 Å². The number of nitrogens with one attached hydrogen (secondary N) is 1. The van der Waals surface area contributed by atoms with Crippen LogP contribution in [0.15, 0.2) is 53.4 Å². The number of rotatable bonds is 6. The van der Waals surface area contributed by atoms with E-state index in [1.54, 1.807) is 30.3 Å². The zero-order valence-electron chi connectivity index (χ0n) is 14.9. The molecule has 0 spiro atoms. The lowest BCUT2D eigenvalue weighted by molar-refractivity contribution is 0.523. The predicted octanol–water partition coefficient (Wildman–Crippen LogP) is 1.91. The maximum Gasteiger partial charge on any atom is 0.183 e. The van der Waals surface area contributed by atoms with Gasteiger partial charge in [-0.1, -0.05) is 35.9 Å². The topological polar surface area (TPSA) is 80.3 Å². The lowest BCUT2D eigenvalue weighted by Gasteiger charge is -2.20. The minimum absolute atomic E-state index is 0.121. The Morgan fingerprint density at radius 3 is 2.41 bits per heavy atom. The molecule has 0 saturated carbocycles. The van der Waals surface area contributed by atoms with E-state index in [4.69, 9.17) is 0 Å². The number of hydrogen-bond acceptors (Lipinski definition) is 5. The molecule has 0 unspecified atom stereocenters. The lowest BCUT2D eigenvalue weighted by Crippen LogP contribution is -2.44. The molecule has 146 valence electrons. The second kappa shape index (κ2) is 7.69. The highest BCUT2D eigenvalue weighted by Crippen LogP contribution is 2.26. The number of halogens is 1. The molecule has 1 N–H and O–H groups in total. The van der Waals surface area contributed by atoms with Gasteiger partial charge in [0.1, 0.15) is 5.82 Å². The summed E-state index contributed by atoms with van der Waals surface area (Å²) >= 11 is 0. The average molecular weight is 412 g/mol. The molecule has 0 bridgehead atoms. The van der Waals surface area contributed by atoms with Crippen molar-refractivity contribution in [3.63, 3.8) is 0 Å². The Morgan fingerprint density at radius 2 is 1.74 bits per heavy atom. The van der Waals surface area contributed by atoms with Gasteiger partial charge in [0.2, 0.25) is 0 Å². The summed E-state index contributed by atoms with van der Waals surface area (Å²) in [4.78, 5) is 0.121. The van der Waals surface area contributed by atoms with Crippen molar-refractivity contribution in [1.29, 1.82) is 0 Å². The van der Waals surface area contributed by atoms with Crippen molar-refractivity contribution in [3.8, 4) is 0 Å². The number of hydrogen-bond donors (Lipinski definition) is 1. The molecule has 2 atom stereocenters. The zero-order chi connectivity index (χ0) is 19.7. The molecule has 1 saturated heterocycles. The molecule has 2 aromatic carbocycles. The van der Waals surface area contributed by atoms with Crippen LogP contribution in [0.1, 0.15) is 11.1 Å². The van der Waals surface area contributed by atoms with Gasteiger partial charge in [-0.2, -0.15) is 0 Å². The van der Waals surface area contributed by atoms with Crippen LogP contribution in [-0.2, 0) is 26.1 Å². The average Bonchev–Trinajstić information content (AvgIpc) is 2.92. The van der Waals surface area contributed by atoms with Gasteiger partial charge in [-0.3, -0.25) is 0 Å². The number of aryl methyl sites for hydroxylation is 1. The molecule has 5 nitrogen and oxygen atoms in total. The van der Waals surface area contributed by atoms with Crippen LogP contribution in [0.2, 0.25) is 0 Å². The van der Waals surface area contributed by atoms with E-state index in [-0.39, 0.29) is 16.5 Å². The molecule has 1 fully saturated rings. The molecule has 1 heterocycles. The first-order valence-electron chi connectivity index (χ1n) is 8.67. The minimum atomic E-state index is -3.79. The largest absolute Gasteiger partial charge is 0.311 e. The highest BCUT2D eigenvalue weighted by molar-refractivity contribution is 7.96. The van der Waals surface area contributed by atoms with Crippen molar-refractivity contribution in [2.75, 3.05) is 18.1 Å². The number of benzene rings is 2. The second-order valence-electron chi connectivity index (χ2n) is 6.88. The van der Waals surface area contributed by atoms with E-state index in [1.807, 2.05) is 6.92 Å². The molecular formula is C19H22FNO4S2. The van der Waals surface area contributed by atoms with Gasteiger partial charge in [0.15, 0.2) is 19.7 Å². The van der Waals surface area contributed by atoms with Crippen LogP contribution in [-0.4, -0.2) is 46.2 Å². The minimum Gasteiger partial charge on any atom is -0.311 e. The van der Waals surface area contributed by atoms with Crippen molar-refractivity contribution in [2.24, 2.45) is 0 Å². The van der Waals surface area contributed by atoms with Crippen LogP contribution in [0.25, 0.3) is 0 Å². The fraction of sp³-hybridized carbons (Fsp3) is 0.368. The summed E-state index contributed by atoms with van der Waals surface area (Å²) in [6.07, 6.45) is 0.348. The van der Waals surface area contributed by atoms with E-state index in [0.717, 1.165) is 5.56 Å². The SMILES string of the molecule is Cc1ccc(S(=O)(=O)[C@@H]2CS(=O)(=O)C[C@H]2NCCc2ccccc2F)cc1. The first kappa shape index (κ1) is 20.0. The van der Waals surface area contributed by atoms with Crippen molar-refractivity contribution in [2.45, 2.75) is 29.5 Å². The molecule has 0 aliphatic carbocycles. The third kappa shape index (κ3) is 4.56. The van der Waals surface area contributed by atoms with Crippen LogP contribution in [0.5, 0.6) is 0 Å². The Kier molecular flexibility index (Phi) is 5.69. The molecule has 2 aromatic rings. The van der Waals surface area contributed by atoms with Gasteiger partial charge in [0, 0.05) is 6.04 Å². The maximum atomic E-state index is 13.7. The summed E-state index contributed by atoms with van der Waals surface area (Å²) in [5, 5.41) is 1.98. The molecular weight excluding hydrogens is 389 g/mol. The molecule has 0 radical (unpaired) electrons. The monoisotopic (exact) mass is 411 g/mol. The molecule has 1 aliphatic rings. The quantitative estimate of drug-likeness (QED) is 0.785. The van der Waals surface area contributed by atoms with E-state index >= 15 is 0 Å². The third-order valence-electron chi connectivity index (χ3n) is 4.81. The van der Waals surface area contributed by atoms with E-state index < -0.39 is 36.7 Å². The van der Waals surface area contributed by atoms with E-state index in [1.165, 1.54) is 18.2 Å². The lowest BCUT2D eigenvalue weighted by atomic mass is 10.1. The Balaban J connectivity index is 1.77. The van der Waals surface area contributed by atoms with Gasteiger partial charge in [-0.25, -0.2) is 21.2 Å². The van der Waals surface area contributed by atoms with Gasteiger partial charge in [-0.15, -0.1) is 0 Å². The van der Waals surface area contributed by atoms with Crippen molar-refractivity contribution in [3.05, 3.63) is 65.5 Å². The Hall–Kier alpha value is -1.77. The summed E-state index contributed by atoms with van der Waals surface area (Å²) in [7, 11) is -7.26. The van der Waals surface area contributed by atoms with Gasteiger partial charge in [0.05, 0.1) is 21.7 Å². The van der Waals surface area contributed by atoms with Crippen molar-refractivity contribution >= 4 is 19.7 Å². The first-order chi connectivity index (χ1) is 12.7. The highest BCUT2D eigenvalue weighted by atomic mass is 32.2. The van der Waals surface area contributed by atoms with Crippen LogP contribution in [0.4, 0.5) is 4.39 Å². The van der Waals surface area contributed by atoms with Crippen molar-refractivity contribution < 1.29 is 21.2 Å². The smallest absolute Gasteiger partial charge is 0.183 e. The summed E-state index contributed by atoms with van der Waals surface area (Å²) in [6, 6.07) is 12.0. The van der Waals surface area contributed by atoms with Crippen LogP contribution < -0.4 is 5.32 Å². The van der Waals surface area contributed by atoms with Gasteiger partial charge >= 0.3 is 0 Å². The fourth-order valence-corrected chi connectivity index (χ4v) is 8.02. The van der Waals surface area contributed by atoms with Crippen molar-refractivity contribution in [1.82, 2.24) is 5.32 Å². The van der Waals surface area contributed by atoms with Crippen LogP contribution in [0.3, 0.4) is 0 Å². The number of sulfone groups is 2. The van der Waals surface area contributed by atoms with Crippen LogP contribution >= 0.6 is 0 Å². The molecule has 27 heavy (non-hydrogen) atoms. The first-order valence-corrected chi connectivity index (χ1v) is 12.0. The summed E-state index contributed by atoms with van der Waals surface area (Å²) in [5.41, 5.74) is 1.43. The fourth-order valence-electron chi connectivity index (χ4n) is 3.31. The Morgan fingerprint density at radius 1 is 1.07 bits per heavy atom. The maximum absolute atomic E-state index is 13.7.